The highest BCUT2D eigenvalue weighted by Gasteiger charge is 2.18. The van der Waals surface area contributed by atoms with Crippen LogP contribution in [0.25, 0.3) is 0 Å². The Bertz CT molecular complexity index is 446. The van der Waals surface area contributed by atoms with E-state index in [9.17, 15) is 9.59 Å². The largest absolute Gasteiger partial charge is 0.427 e. The molecule has 4 nitrogen and oxygen atoms in total. The number of benzene rings is 1. The Balaban J connectivity index is 2.47. The second-order valence-electron chi connectivity index (χ2n) is 6.33. The van der Waals surface area contributed by atoms with Crippen molar-refractivity contribution in [1.82, 2.24) is 0 Å². The van der Waals surface area contributed by atoms with Crippen LogP contribution in [0.1, 0.15) is 40.5 Å². The van der Waals surface area contributed by atoms with E-state index in [2.05, 4.69) is 33.0 Å². The van der Waals surface area contributed by atoms with E-state index in [1.807, 2.05) is 0 Å². The van der Waals surface area contributed by atoms with E-state index >= 15 is 0 Å². The molecule has 0 aromatic heterocycles. The van der Waals surface area contributed by atoms with Crippen LogP contribution < -0.4 is 10.1 Å². The number of hydrogen-bond donors (Lipinski definition) is 1. The number of hydrogen-bond acceptors (Lipinski definition) is 3. The highest BCUT2D eigenvalue weighted by molar-refractivity contribution is 5.74. The average Bonchev–Trinajstić information content (AvgIpc) is 2.29. The van der Waals surface area contributed by atoms with Gasteiger partial charge in [-0.3, -0.25) is 9.59 Å². The normalized spacial score (nSPS) is 12.6. The zero-order chi connectivity index (χ0) is 15.2. The fourth-order valence-corrected chi connectivity index (χ4v) is 2.26. The van der Waals surface area contributed by atoms with E-state index in [0.29, 0.717) is 30.2 Å². The minimum atomic E-state index is -0.224. The lowest BCUT2D eigenvalue weighted by atomic mass is 9.84. The SMILES string of the molecule is CC(CC(=O)Oc1ccc(NC=O)cc1)CC(C)(C)C. The predicted octanol–water partition coefficient (Wildman–Crippen LogP) is 3.62. The van der Waals surface area contributed by atoms with Crippen molar-refractivity contribution < 1.29 is 14.3 Å². The van der Waals surface area contributed by atoms with Crippen LogP contribution in [0.15, 0.2) is 24.3 Å². The van der Waals surface area contributed by atoms with Crippen molar-refractivity contribution in [3.05, 3.63) is 24.3 Å². The van der Waals surface area contributed by atoms with Gasteiger partial charge in [-0.25, -0.2) is 0 Å². The molecule has 0 aliphatic rings. The summed E-state index contributed by atoms with van der Waals surface area (Å²) in [7, 11) is 0. The minimum Gasteiger partial charge on any atom is -0.427 e. The van der Waals surface area contributed by atoms with Crippen LogP contribution in [0, 0.1) is 11.3 Å². The van der Waals surface area contributed by atoms with Gasteiger partial charge < -0.3 is 10.1 Å². The van der Waals surface area contributed by atoms with Crippen LogP contribution >= 0.6 is 0 Å². The first-order valence-corrected chi connectivity index (χ1v) is 6.81. The molecule has 0 aliphatic carbocycles. The first kappa shape index (κ1) is 16.2. The van der Waals surface area contributed by atoms with Gasteiger partial charge in [0.15, 0.2) is 0 Å². The highest BCUT2D eigenvalue weighted by atomic mass is 16.5. The first-order valence-electron chi connectivity index (χ1n) is 6.81. The predicted molar refractivity (Wildman–Crippen MR) is 79.6 cm³/mol. The van der Waals surface area contributed by atoms with Crippen LogP contribution in [-0.2, 0) is 9.59 Å². The number of carbonyl (C=O) groups is 2. The summed E-state index contributed by atoms with van der Waals surface area (Å²) in [4.78, 5) is 22.1. The van der Waals surface area contributed by atoms with Crippen molar-refractivity contribution >= 4 is 18.1 Å². The molecular formula is C16H23NO3. The van der Waals surface area contributed by atoms with Crippen molar-refractivity contribution in [3.63, 3.8) is 0 Å². The molecule has 0 fully saturated rings. The van der Waals surface area contributed by atoms with Gasteiger partial charge in [0, 0.05) is 12.1 Å². The Morgan fingerprint density at radius 1 is 1.30 bits per heavy atom. The molecule has 1 unspecified atom stereocenters. The first-order chi connectivity index (χ1) is 9.30. The molecular weight excluding hydrogens is 254 g/mol. The van der Waals surface area contributed by atoms with Gasteiger partial charge in [-0.2, -0.15) is 0 Å². The molecule has 0 saturated carbocycles. The maximum absolute atomic E-state index is 11.8. The molecule has 0 aliphatic heterocycles. The lowest BCUT2D eigenvalue weighted by Crippen LogP contribution is -2.17. The van der Waals surface area contributed by atoms with Gasteiger partial charge in [0.2, 0.25) is 6.41 Å². The van der Waals surface area contributed by atoms with E-state index in [0.717, 1.165) is 6.42 Å². The summed E-state index contributed by atoms with van der Waals surface area (Å²) in [5.74, 6) is 0.561. The van der Waals surface area contributed by atoms with Crippen LogP contribution in [0.5, 0.6) is 5.75 Å². The Kier molecular flexibility index (Phi) is 5.74. The summed E-state index contributed by atoms with van der Waals surface area (Å²) in [5, 5.41) is 2.52. The number of anilines is 1. The summed E-state index contributed by atoms with van der Waals surface area (Å²) >= 11 is 0. The Hall–Kier alpha value is -1.84. The molecule has 110 valence electrons. The molecule has 0 bridgehead atoms. The number of nitrogens with one attached hydrogen (secondary N) is 1. The van der Waals surface area contributed by atoms with Gasteiger partial charge in [0.25, 0.3) is 0 Å². The quantitative estimate of drug-likeness (QED) is 0.491. The van der Waals surface area contributed by atoms with Gasteiger partial charge in [-0.05, 0) is 42.0 Å². The molecule has 0 heterocycles. The van der Waals surface area contributed by atoms with Crippen molar-refractivity contribution in [3.8, 4) is 5.75 Å². The topological polar surface area (TPSA) is 55.4 Å². The van der Waals surface area contributed by atoms with Crippen molar-refractivity contribution in [1.29, 1.82) is 0 Å². The zero-order valence-electron chi connectivity index (χ0n) is 12.6. The molecule has 1 aromatic carbocycles. The van der Waals surface area contributed by atoms with E-state index in [-0.39, 0.29) is 11.4 Å². The van der Waals surface area contributed by atoms with Gasteiger partial charge in [-0.1, -0.05) is 27.7 Å². The standard InChI is InChI=1S/C16H23NO3/c1-12(10-16(2,3)4)9-15(19)20-14-7-5-13(6-8-14)17-11-18/h5-8,11-12H,9-10H2,1-4H3,(H,17,18). The summed E-state index contributed by atoms with van der Waals surface area (Å²) in [6.07, 6.45) is 1.99. The van der Waals surface area contributed by atoms with Crippen LogP contribution in [-0.4, -0.2) is 12.4 Å². The molecule has 0 saturated heterocycles. The number of rotatable bonds is 6. The Morgan fingerprint density at radius 2 is 1.90 bits per heavy atom. The summed E-state index contributed by atoms with van der Waals surface area (Å²) in [6.45, 7) is 8.54. The minimum absolute atomic E-state index is 0.210. The number of ether oxygens (including phenoxy) is 1. The van der Waals surface area contributed by atoms with Crippen LogP contribution in [0.2, 0.25) is 0 Å². The van der Waals surface area contributed by atoms with E-state index in [1.54, 1.807) is 24.3 Å². The van der Waals surface area contributed by atoms with Crippen molar-refractivity contribution in [2.24, 2.45) is 11.3 Å². The third-order valence-electron chi connectivity index (χ3n) is 2.79. The zero-order valence-corrected chi connectivity index (χ0v) is 12.6. The number of carbonyl (C=O) groups excluding carboxylic acids is 2. The average molecular weight is 277 g/mol. The molecule has 4 heteroatoms. The number of esters is 1. The summed E-state index contributed by atoms with van der Waals surface area (Å²) in [5.41, 5.74) is 0.878. The highest BCUT2D eigenvalue weighted by Crippen LogP contribution is 2.26. The van der Waals surface area contributed by atoms with Gasteiger partial charge >= 0.3 is 5.97 Å². The van der Waals surface area contributed by atoms with Crippen molar-refractivity contribution in [2.75, 3.05) is 5.32 Å². The van der Waals surface area contributed by atoms with E-state index in [1.165, 1.54) is 0 Å². The third-order valence-corrected chi connectivity index (χ3v) is 2.79. The molecule has 1 N–H and O–H groups in total. The summed E-state index contributed by atoms with van der Waals surface area (Å²) in [6, 6.07) is 6.71. The van der Waals surface area contributed by atoms with E-state index < -0.39 is 0 Å². The van der Waals surface area contributed by atoms with Crippen molar-refractivity contribution in [2.45, 2.75) is 40.5 Å². The molecule has 1 aromatic rings. The van der Waals surface area contributed by atoms with E-state index in [4.69, 9.17) is 4.74 Å². The Morgan fingerprint density at radius 3 is 2.40 bits per heavy atom. The lowest BCUT2D eigenvalue weighted by Gasteiger charge is -2.22. The molecule has 20 heavy (non-hydrogen) atoms. The monoisotopic (exact) mass is 277 g/mol. The van der Waals surface area contributed by atoms with Gasteiger partial charge in [0.1, 0.15) is 5.75 Å². The maximum atomic E-state index is 11.8. The second kappa shape index (κ2) is 7.08. The third kappa shape index (κ3) is 6.36. The smallest absolute Gasteiger partial charge is 0.311 e. The van der Waals surface area contributed by atoms with Gasteiger partial charge in [-0.15, -0.1) is 0 Å². The maximum Gasteiger partial charge on any atom is 0.311 e. The Labute approximate surface area is 120 Å². The second-order valence-corrected chi connectivity index (χ2v) is 6.33. The molecule has 1 rings (SSSR count). The van der Waals surface area contributed by atoms with Gasteiger partial charge in [0.05, 0.1) is 0 Å². The van der Waals surface area contributed by atoms with Crippen LogP contribution in [0.3, 0.4) is 0 Å². The molecule has 1 amide bonds. The fraction of sp³-hybridized carbons (Fsp3) is 0.500. The van der Waals surface area contributed by atoms with Crippen LogP contribution in [0.4, 0.5) is 5.69 Å². The molecule has 0 spiro atoms. The number of amides is 1. The summed E-state index contributed by atoms with van der Waals surface area (Å²) < 4.78 is 5.28. The lowest BCUT2D eigenvalue weighted by molar-refractivity contribution is -0.135. The molecule has 1 atom stereocenters. The fourth-order valence-electron chi connectivity index (χ4n) is 2.26. The molecule has 0 radical (unpaired) electrons.